The van der Waals surface area contributed by atoms with Gasteiger partial charge in [-0.2, -0.15) is 9.61 Å². The Labute approximate surface area is 176 Å². The lowest BCUT2D eigenvalue weighted by Gasteiger charge is -2.13. The Morgan fingerprint density at radius 2 is 1.83 bits per heavy atom. The second-order valence-electron chi connectivity index (χ2n) is 6.60. The van der Waals surface area contributed by atoms with Gasteiger partial charge in [0.15, 0.2) is 10.9 Å². The first kappa shape index (κ1) is 19.2. The molecule has 0 atom stereocenters. The van der Waals surface area contributed by atoms with Gasteiger partial charge in [-0.3, -0.25) is 10.1 Å². The first-order valence-corrected chi connectivity index (χ1v) is 10.1. The predicted molar refractivity (Wildman–Crippen MR) is 118 cm³/mol. The summed E-state index contributed by atoms with van der Waals surface area (Å²) in [6.45, 7) is 5.82. The Hall–Kier alpha value is -3.17. The number of rotatable bonds is 3. The second-order valence-corrected chi connectivity index (χ2v) is 7.97. The van der Waals surface area contributed by atoms with Crippen LogP contribution < -0.4 is 10.6 Å². The van der Waals surface area contributed by atoms with E-state index in [1.807, 2.05) is 51.1 Å². The van der Waals surface area contributed by atoms with Crippen LogP contribution in [0, 0.1) is 20.8 Å². The number of nitrogens with zero attached hydrogens (tertiary/aromatic N) is 4. The highest BCUT2D eigenvalue weighted by Crippen LogP contribution is 2.31. The van der Waals surface area contributed by atoms with Gasteiger partial charge < -0.3 is 5.32 Å². The van der Waals surface area contributed by atoms with Gasteiger partial charge >= 0.3 is 0 Å². The molecule has 2 heterocycles. The van der Waals surface area contributed by atoms with E-state index in [1.54, 1.807) is 16.6 Å². The van der Waals surface area contributed by atoms with Crippen LogP contribution in [0.25, 0.3) is 15.5 Å². The van der Waals surface area contributed by atoms with E-state index >= 15 is 0 Å². The van der Waals surface area contributed by atoms with Crippen LogP contribution >= 0.6 is 23.6 Å². The molecule has 4 aromatic rings. The smallest absolute Gasteiger partial charge is 0.257 e. The molecule has 7 nitrogen and oxygen atoms in total. The fourth-order valence-corrected chi connectivity index (χ4v) is 4.03. The topological polar surface area (TPSA) is 84.2 Å². The molecule has 0 aliphatic heterocycles. The number of benzene rings is 2. The number of anilines is 1. The number of aromatic nitrogens is 4. The Kier molecular flexibility index (Phi) is 5.08. The molecule has 0 radical (unpaired) electrons. The van der Waals surface area contributed by atoms with Crippen LogP contribution in [0.2, 0.25) is 0 Å². The molecule has 2 aromatic heterocycles. The number of hydrogen-bond donors (Lipinski definition) is 2. The van der Waals surface area contributed by atoms with E-state index in [0.29, 0.717) is 5.56 Å². The number of hydrogen-bond acceptors (Lipinski definition) is 6. The highest BCUT2D eigenvalue weighted by atomic mass is 32.1. The van der Waals surface area contributed by atoms with E-state index < -0.39 is 0 Å². The van der Waals surface area contributed by atoms with Crippen molar-refractivity contribution in [1.82, 2.24) is 25.1 Å². The lowest BCUT2D eigenvalue weighted by molar-refractivity contribution is 0.0977. The molecule has 29 heavy (non-hydrogen) atoms. The highest BCUT2D eigenvalue weighted by Gasteiger charge is 2.15. The number of aryl methyl sites for hydroxylation is 2. The third kappa shape index (κ3) is 3.87. The van der Waals surface area contributed by atoms with Crippen molar-refractivity contribution in [2.45, 2.75) is 20.8 Å². The fourth-order valence-electron chi connectivity index (χ4n) is 2.86. The first-order valence-electron chi connectivity index (χ1n) is 8.90. The SMILES string of the molecule is Cc1ccc(C(=O)NC(=S)Nc2cccc(-c3nn4c(C)nnc4s3)c2C)cc1. The molecule has 0 aliphatic rings. The van der Waals surface area contributed by atoms with Crippen molar-refractivity contribution in [3.05, 3.63) is 65.0 Å². The van der Waals surface area contributed by atoms with Gasteiger partial charge in [0.25, 0.3) is 5.91 Å². The molecule has 0 fully saturated rings. The zero-order valence-corrected chi connectivity index (χ0v) is 17.7. The maximum absolute atomic E-state index is 12.4. The summed E-state index contributed by atoms with van der Waals surface area (Å²) < 4.78 is 1.73. The van der Waals surface area contributed by atoms with Gasteiger partial charge in [-0.25, -0.2) is 0 Å². The van der Waals surface area contributed by atoms with E-state index in [9.17, 15) is 4.79 Å². The van der Waals surface area contributed by atoms with Crippen molar-refractivity contribution >= 4 is 45.2 Å². The maximum atomic E-state index is 12.4. The van der Waals surface area contributed by atoms with E-state index in [4.69, 9.17) is 12.2 Å². The molecule has 4 rings (SSSR count). The molecule has 0 spiro atoms. The van der Waals surface area contributed by atoms with Crippen molar-refractivity contribution in [3.8, 4) is 10.6 Å². The number of carbonyl (C=O) groups excluding carboxylic acids is 1. The minimum atomic E-state index is -0.250. The molecule has 1 amide bonds. The fraction of sp³-hybridized carbons (Fsp3) is 0.150. The van der Waals surface area contributed by atoms with Gasteiger partial charge in [0, 0.05) is 16.8 Å². The Morgan fingerprint density at radius 3 is 2.55 bits per heavy atom. The number of nitrogens with one attached hydrogen (secondary N) is 2. The predicted octanol–water partition coefficient (Wildman–Crippen LogP) is 3.90. The second kappa shape index (κ2) is 7.69. The standard InChI is InChI=1S/C20H18N6OS2/c1-11-7-9-14(10-8-11)17(27)22-19(28)21-16-6-4-5-15(12(16)2)18-25-26-13(3)23-24-20(26)29-18/h4-10H,1-3H3,(H2,21,22,27,28). The van der Waals surface area contributed by atoms with Crippen LogP contribution in [-0.4, -0.2) is 30.8 Å². The lowest BCUT2D eigenvalue weighted by Crippen LogP contribution is -2.34. The molecule has 0 unspecified atom stereocenters. The van der Waals surface area contributed by atoms with Crippen LogP contribution in [0.5, 0.6) is 0 Å². The van der Waals surface area contributed by atoms with Crippen molar-refractivity contribution in [1.29, 1.82) is 0 Å². The molecular formula is C20H18N6OS2. The van der Waals surface area contributed by atoms with E-state index in [-0.39, 0.29) is 11.0 Å². The van der Waals surface area contributed by atoms with Gasteiger partial charge in [-0.05, 0) is 56.8 Å². The summed E-state index contributed by atoms with van der Waals surface area (Å²) in [5.74, 6) is 0.495. The average molecular weight is 423 g/mol. The summed E-state index contributed by atoms with van der Waals surface area (Å²) in [6, 6.07) is 13.2. The molecule has 0 bridgehead atoms. The summed E-state index contributed by atoms with van der Waals surface area (Å²) in [5.41, 5.74) is 4.40. The van der Waals surface area contributed by atoms with Crippen LogP contribution in [0.15, 0.2) is 42.5 Å². The lowest BCUT2D eigenvalue weighted by atomic mass is 10.1. The Morgan fingerprint density at radius 1 is 1.07 bits per heavy atom. The summed E-state index contributed by atoms with van der Waals surface area (Å²) in [7, 11) is 0. The van der Waals surface area contributed by atoms with E-state index in [1.165, 1.54) is 11.3 Å². The largest absolute Gasteiger partial charge is 0.332 e. The third-order valence-electron chi connectivity index (χ3n) is 4.50. The van der Waals surface area contributed by atoms with Crippen molar-refractivity contribution in [2.75, 3.05) is 5.32 Å². The highest BCUT2D eigenvalue weighted by molar-refractivity contribution is 7.80. The minimum absolute atomic E-state index is 0.241. The average Bonchev–Trinajstić information content (AvgIpc) is 3.26. The summed E-state index contributed by atoms with van der Waals surface area (Å²) >= 11 is 6.80. The summed E-state index contributed by atoms with van der Waals surface area (Å²) in [6.07, 6.45) is 0. The van der Waals surface area contributed by atoms with Crippen LogP contribution in [0.3, 0.4) is 0 Å². The quantitative estimate of drug-likeness (QED) is 0.487. The molecule has 146 valence electrons. The minimum Gasteiger partial charge on any atom is -0.332 e. The number of carbonyl (C=O) groups is 1. The number of fused-ring (bicyclic) bond motifs is 1. The summed E-state index contributed by atoms with van der Waals surface area (Å²) in [4.78, 5) is 13.1. The van der Waals surface area contributed by atoms with Crippen molar-refractivity contribution < 1.29 is 4.79 Å². The Bertz CT molecular complexity index is 1230. The summed E-state index contributed by atoms with van der Waals surface area (Å²) in [5, 5.41) is 19.7. The molecule has 2 aromatic carbocycles. The molecule has 0 aliphatic carbocycles. The first-order chi connectivity index (χ1) is 13.9. The molecule has 0 saturated carbocycles. The third-order valence-corrected chi connectivity index (χ3v) is 5.64. The van der Waals surface area contributed by atoms with Gasteiger partial charge in [0.1, 0.15) is 5.01 Å². The number of thiocarbonyl (C=S) groups is 1. The van der Waals surface area contributed by atoms with Crippen molar-refractivity contribution in [3.63, 3.8) is 0 Å². The molecule has 2 N–H and O–H groups in total. The van der Waals surface area contributed by atoms with Gasteiger partial charge in [0.05, 0.1) is 0 Å². The number of amides is 1. The van der Waals surface area contributed by atoms with E-state index in [2.05, 4.69) is 25.9 Å². The van der Waals surface area contributed by atoms with Crippen molar-refractivity contribution in [2.24, 2.45) is 0 Å². The van der Waals surface area contributed by atoms with Crippen LogP contribution in [-0.2, 0) is 0 Å². The van der Waals surface area contributed by atoms with E-state index in [0.717, 1.165) is 38.2 Å². The molecular weight excluding hydrogens is 404 g/mol. The zero-order valence-electron chi connectivity index (χ0n) is 16.1. The van der Waals surface area contributed by atoms with Gasteiger partial charge in [0.2, 0.25) is 4.96 Å². The zero-order chi connectivity index (χ0) is 20.5. The molecule has 0 saturated heterocycles. The normalized spacial score (nSPS) is 10.9. The van der Waals surface area contributed by atoms with Gasteiger partial charge in [-0.1, -0.05) is 41.2 Å². The monoisotopic (exact) mass is 422 g/mol. The van der Waals surface area contributed by atoms with Crippen LogP contribution in [0.1, 0.15) is 27.3 Å². The maximum Gasteiger partial charge on any atom is 0.257 e. The Balaban J connectivity index is 1.53. The van der Waals surface area contributed by atoms with Crippen LogP contribution in [0.4, 0.5) is 5.69 Å². The molecule has 9 heteroatoms. The van der Waals surface area contributed by atoms with Gasteiger partial charge in [-0.15, -0.1) is 10.2 Å².